The number of nitrogens with zero attached hydrogens (tertiary/aromatic N) is 3. The number of allylic oxidation sites excluding steroid dienone is 1. The van der Waals surface area contributed by atoms with E-state index in [1.807, 2.05) is 4.90 Å². The van der Waals surface area contributed by atoms with Crippen LogP contribution in [0.3, 0.4) is 0 Å². The first kappa shape index (κ1) is 25.4. The Morgan fingerprint density at radius 3 is 2.62 bits per heavy atom. The van der Waals surface area contributed by atoms with E-state index in [9.17, 15) is 19.7 Å². The Labute approximate surface area is 202 Å². The Balaban J connectivity index is 0.00000324. The minimum atomic E-state index is -0.932. The number of esters is 1. The number of aromatic amines is 1. The van der Waals surface area contributed by atoms with Gasteiger partial charge in [-0.1, -0.05) is 18.2 Å². The van der Waals surface area contributed by atoms with Gasteiger partial charge in [0.15, 0.2) is 0 Å². The number of H-pyrrole nitrogens is 1. The normalized spacial score (nSPS) is 18.2. The average molecular weight is 491 g/mol. The van der Waals surface area contributed by atoms with Crippen molar-refractivity contribution in [2.24, 2.45) is 0 Å². The van der Waals surface area contributed by atoms with E-state index < -0.39 is 22.4 Å². The van der Waals surface area contributed by atoms with Gasteiger partial charge in [-0.3, -0.25) is 19.8 Å². The summed E-state index contributed by atoms with van der Waals surface area (Å²) in [6.07, 6.45) is 1.55. The summed E-state index contributed by atoms with van der Waals surface area (Å²) in [6.45, 7) is 5.97. The molecule has 0 aliphatic carbocycles. The first-order valence-electron chi connectivity index (χ1n) is 10.8. The molecule has 1 fully saturated rings. The zero-order valence-corrected chi connectivity index (χ0v) is 19.8. The number of carbonyl (C=O) groups excluding carboxylic acids is 1. The minimum Gasteiger partial charge on any atom is -0.466 e. The first-order valence-corrected chi connectivity index (χ1v) is 10.8. The standard InChI is InChI=1S/C23H26N4O6.ClH/c1-15-19(23(29)32-2)20(16-5-3-4-6-17(16)27(30)31)21-18(7-8-24-22(21)28)26(15)10-9-25-11-13-33-14-12-25;/h3-8,20H,9-14H2,1-2H3,(H,24,28);1H. The third-order valence-corrected chi connectivity index (χ3v) is 6.23. The Hall–Kier alpha value is -3.21. The minimum absolute atomic E-state index is 0. The molecule has 1 unspecified atom stereocenters. The number of nitro benzene ring substituents is 1. The van der Waals surface area contributed by atoms with Gasteiger partial charge in [-0.2, -0.15) is 0 Å². The molecule has 182 valence electrons. The monoisotopic (exact) mass is 490 g/mol. The highest BCUT2D eigenvalue weighted by Crippen LogP contribution is 2.45. The third kappa shape index (κ3) is 4.70. The summed E-state index contributed by atoms with van der Waals surface area (Å²) in [7, 11) is 1.27. The summed E-state index contributed by atoms with van der Waals surface area (Å²) in [5.41, 5.74) is 1.45. The molecular formula is C23H27ClN4O6. The second-order valence-electron chi connectivity index (χ2n) is 7.95. The molecule has 0 amide bonds. The van der Waals surface area contributed by atoms with Crippen molar-refractivity contribution in [2.75, 3.05) is 51.4 Å². The second kappa shape index (κ2) is 10.8. The van der Waals surface area contributed by atoms with Crippen LogP contribution in [-0.4, -0.2) is 67.3 Å². The molecule has 2 aromatic rings. The van der Waals surface area contributed by atoms with E-state index in [1.165, 1.54) is 13.2 Å². The van der Waals surface area contributed by atoms with Gasteiger partial charge in [-0.25, -0.2) is 4.79 Å². The largest absolute Gasteiger partial charge is 0.466 e. The maximum atomic E-state index is 13.1. The number of nitrogens with one attached hydrogen (secondary N) is 1. The summed E-state index contributed by atoms with van der Waals surface area (Å²) in [6, 6.07) is 7.95. The van der Waals surface area contributed by atoms with Gasteiger partial charge in [-0.05, 0) is 13.0 Å². The number of anilines is 1. The van der Waals surface area contributed by atoms with Crippen LogP contribution in [0, 0.1) is 10.1 Å². The summed E-state index contributed by atoms with van der Waals surface area (Å²) in [4.78, 5) is 44.2. The molecule has 0 spiro atoms. The molecule has 10 nitrogen and oxygen atoms in total. The molecule has 2 aliphatic heterocycles. The van der Waals surface area contributed by atoms with Crippen LogP contribution < -0.4 is 10.5 Å². The number of methoxy groups -OCH3 is 1. The number of hydrogen-bond acceptors (Lipinski definition) is 8. The number of morpholine rings is 1. The molecule has 0 radical (unpaired) electrons. The summed E-state index contributed by atoms with van der Waals surface area (Å²) in [5.74, 6) is -1.56. The smallest absolute Gasteiger partial charge is 0.336 e. The van der Waals surface area contributed by atoms with Crippen LogP contribution in [0.1, 0.15) is 24.0 Å². The molecule has 34 heavy (non-hydrogen) atoms. The zero-order valence-electron chi connectivity index (χ0n) is 19.0. The van der Waals surface area contributed by atoms with Gasteiger partial charge in [0.25, 0.3) is 11.2 Å². The Morgan fingerprint density at radius 2 is 1.94 bits per heavy atom. The molecule has 3 heterocycles. The second-order valence-corrected chi connectivity index (χ2v) is 7.95. The number of hydrogen-bond donors (Lipinski definition) is 1. The fourth-order valence-corrected chi connectivity index (χ4v) is 4.61. The molecule has 1 saturated heterocycles. The van der Waals surface area contributed by atoms with Crippen LogP contribution in [0.15, 0.2) is 52.6 Å². The molecular weight excluding hydrogens is 464 g/mol. The lowest BCUT2D eigenvalue weighted by Gasteiger charge is -2.38. The highest BCUT2D eigenvalue weighted by Gasteiger charge is 2.40. The molecule has 11 heteroatoms. The molecule has 1 aromatic carbocycles. The van der Waals surface area contributed by atoms with E-state index in [-0.39, 0.29) is 29.2 Å². The van der Waals surface area contributed by atoms with Crippen molar-refractivity contribution in [1.82, 2.24) is 9.88 Å². The number of nitro groups is 1. The van der Waals surface area contributed by atoms with Crippen LogP contribution in [0.4, 0.5) is 11.4 Å². The quantitative estimate of drug-likeness (QED) is 0.372. The van der Waals surface area contributed by atoms with Crippen molar-refractivity contribution >= 4 is 29.8 Å². The predicted molar refractivity (Wildman–Crippen MR) is 129 cm³/mol. The van der Waals surface area contributed by atoms with E-state index in [4.69, 9.17) is 9.47 Å². The van der Waals surface area contributed by atoms with Gasteiger partial charge >= 0.3 is 5.97 Å². The van der Waals surface area contributed by atoms with E-state index in [0.717, 1.165) is 13.1 Å². The number of carbonyl (C=O) groups is 1. The fraction of sp³-hybridized carbons (Fsp3) is 0.391. The molecule has 4 rings (SSSR count). The van der Waals surface area contributed by atoms with Crippen molar-refractivity contribution in [3.8, 4) is 0 Å². The van der Waals surface area contributed by atoms with Gasteiger partial charge in [-0.15, -0.1) is 12.4 Å². The zero-order chi connectivity index (χ0) is 23.5. The average Bonchev–Trinajstić information content (AvgIpc) is 2.83. The Morgan fingerprint density at radius 1 is 1.24 bits per heavy atom. The lowest BCUT2D eigenvalue weighted by atomic mass is 9.80. The lowest BCUT2D eigenvalue weighted by molar-refractivity contribution is -0.385. The van der Waals surface area contributed by atoms with Crippen LogP contribution in [-0.2, 0) is 14.3 Å². The van der Waals surface area contributed by atoms with Gasteiger partial charge in [0.1, 0.15) is 0 Å². The van der Waals surface area contributed by atoms with Crippen LogP contribution in [0.25, 0.3) is 0 Å². The molecule has 1 aromatic heterocycles. The Kier molecular flexibility index (Phi) is 8.08. The number of fused-ring (bicyclic) bond motifs is 1. The van der Waals surface area contributed by atoms with Crippen LogP contribution in [0.2, 0.25) is 0 Å². The Bertz CT molecular complexity index is 1160. The summed E-state index contributed by atoms with van der Waals surface area (Å²) in [5, 5.41) is 11.8. The van der Waals surface area contributed by atoms with Gasteiger partial charge < -0.3 is 19.4 Å². The fourth-order valence-electron chi connectivity index (χ4n) is 4.61. The molecule has 0 bridgehead atoms. The van der Waals surface area contributed by atoms with Crippen molar-refractivity contribution in [1.29, 1.82) is 0 Å². The van der Waals surface area contributed by atoms with Gasteiger partial charge in [0.2, 0.25) is 0 Å². The number of ether oxygens (including phenoxy) is 2. The number of aromatic nitrogens is 1. The highest BCUT2D eigenvalue weighted by molar-refractivity contribution is 5.95. The van der Waals surface area contributed by atoms with Crippen molar-refractivity contribution in [2.45, 2.75) is 12.8 Å². The molecule has 0 saturated carbocycles. The third-order valence-electron chi connectivity index (χ3n) is 6.23. The van der Waals surface area contributed by atoms with Gasteiger partial charge in [0.05, 0.1) is 48.0 Å². The number of halogens is 1. The highest BCUT2D eigenvalue weighted by atomic mass is 35.5. The van der Waals surface area contributed by atoms with E-state index in [0.29, 0.717) is 43.3 Å². The van der Waals surface area contributed by atoms with Crippen molar-refractivity contribution in [3.05, 3.63) is 79.4 Å². The first-order chi connectivity index (χ1) is 15.9. The van der Waals surface area contributed by atoms with E-state index in [2.05, 4.69) is 9.88 Å². The number of benzene rings is 1. The molecule has 2 aliphatic rings. The topological polar surface area (TPSA) is 118 Å². The maximum Gasteiger partial charge on any atom is 0.336 e. The summed E-state index contributed by atoms with van der Waals surface area (Å²) < 4.78 is 10.5. The summed E-state index contributed by atoms with van der Waals surface area (Å²) >= 11 is 0. The van der Waals surface area contributed by atoms with Crippen molar-refractivity contribution in [3.63, 3.8) is 0 Å². The van der Waals surface area contributed by atoms with Crippen molar-refractivity contribution < 1.29 is 19.2 Å². The SMILES string of the molecule is COC(=O)C1=C(C)N(CCN2CCOCC2)c2cc[nH]c(=O)c2C1c1ccccc1[N+](=O)[O-].Cl. The van der Waals surface area contributed by atoms with Crippen LogP contribution in [0.5, 0.6) is 0 Å². The predicted octanol–water partition coefficient (Wildman–Crippen LogP) is 2.44. The molecule has 1 N–H and O–H groups in total. The number of para-hydroxylation sites is 1. The molecule has 1 atom stereocenters. The van der Waals surface area contributed by atoms with E-state index in [1.54, 1.807) is 37.4 Å². The number of pyridine rings is 1. The lowest BCUT2D eigenvalue weighted by Crippen LogP contribution is -2.43. The number of rotatable bonds is 6. The van der Waals surface area contributed by atoms with Gasteiger partial charge in [0, 0.05) is 49.7 Å². The maximum absolute atomic E-state index is 13.1. The van der Waals surface area contributed by atoms with E-state index >= 15 is 0 Å². The van der Waals surface area contributed by atoms with Crippen LogP contribution >= 0.6 is 12.4 Å².